The molecule has 0 bridgehead atoms. The van der Waals surface area contributed by atoms with Crippen LogP contribution >= 0.6 is 0 Å². The molecule has 0 spiro atoms. The Labute approximate surface area is 137 Å². The van der Waals surface area contributed by atoms with Gasteiger partial charge in [0.05, 0.1) is 7.11 Å². The van der Waals surface area contributed by atoms with Gasteiger partial charge in [-0.3, -0.25) is 4.79 Å². The summed E-state index contributed by atoms with van der Waals surface area (Å²) < 4.78 is 7.55. The van der Waals surface area contributed by atoms with Gasteiger partial charge in [0.2, 0.25) is 0 Å². The van der Waals surface area contributed by atoms with Crippen LogP contribution in [0.25, 0.3) is 0 Å². The van der Waals surface area contributed by atoms with Gasteiger partial charge < -0.3 is 9.30 Å². The van der Waals surface area contributed by atoms with Crippen molar-refractivity contribution in [2.24, 2.45) is 0 Å². The number of nitrogens with zero attached hydrogens (tertiary/aromatic N) is 2. The molecule has 0 aliphatic heterocycles. The number of fused-ring (bicyclic) bond motifs is 1. The van der Waals surface area contributed by atoms with Crippen LogP contribution in [0.4, 0.5) is 0 Å². The third-order valence-corrected chi connectivity index (χ3v) is 4.71. The molecule has 4 heteroatoms. The molecule has 0 saturated heterocycles. The van der Waals surface area contributed by atoms with Crippen LogP contribution in [0.3, 0.4) is 0 Å². The summed E-state index contributed by atoms with van der Waals surface area (Å²) in [4.78, 5) is 17.0. The largest absolute Gasteiger partial charge is 0.496 e. The minimum atomic E-state index is 0.224. The van der Waals surface area contributed by atoms with Gasteiger partial charge in [0.1, 0.15) is 11.6 Å². The molecular formula is C19H24N2O2. The van der Waals surface area contributed by atoms with Gasteiger partial charge in [0.25, 0.3) is 0 Å². The molecule has 1 aromatic heterocycles. The van der Waals surface area contributed by atoms with Crippen LogP contribution in [-0.4, -0.2) is 22.4 Å². The highest BCUT2D eigenvalue weighted by Gasteiger charge is 2.21. The summed E-state index contributed by atoms with van der Waals surface area (Å²) in [5.74, 6) is 2.19. The van der Waals surface area contributed by atoms with E-state index in [1.807, 2.05) is 18.3 Å². The second-order valence-corrected chi connectivity index (χ2v) is 6.04. The molecule has 122 valence electrons. The van der Waals surface area contributed by atoms with Gasteiger partial charge in [0.15, 0.2) is 5.78 Å². The molecule has 1 aromatic carbocycles. The molecule has 0 atom stereocenters. The molecule has 0 N–H and O–H groups in total. The number of aryl methyl sites for hydroxylation is 2. The van der Waals surface area contributed by atoms with Gasteiger partial charge >= 0.3 is 0 Å². The van der Waals surface area contributed by atoms with Crippen LogP contribution in [0, 0.1) is 0 Å². The van der Waals surface area contributed by atoms with Crippen molar-refractivity contribution < 1.29 is 9.53 Å². The molecule has 0 radical (unpaired) electrons. The molecular weight excluding hydrogens is 288 g/mol. The van der Waals surface area contributed by atoms with Gasteiger partial charge in [-0.2, -0.15) is 0 Å². The lowest BCUT2D eigenvalue weighted by atomic mass is 9.86. The molecule has 1 aliphatic rings. The topological polar surface area (TPSA) is 44.1 Å². The summed E-state index contributed by atoms with van der Waals surface area (Å²) in [5, 5.41) is 0. The van der Waals surface area contributed by atoms with Crippen LogP contribution in [0.5, 0.6) is 5.75 Å². The number of benzene rings is 1. The van der Waals surface area contributed by atoms with E-state index in [4.69, 9.17) is 4.74 Å². The molecule has 0 unspecified atom stereocenters. The van der Waals surface area contributed by atoms with Crippen molar-refractivity contribution in [1.29, 1.82) is 0 Å². The van der Waals surface area contributed by atoms with Gasteiger partial charge in [-0.05, 0) is 48.9 Å². The van der Waals surface area contributed by atoms with E-state index in [2.05, 4.69) is 16.5 Å². The molecule has 0 fully saturated rings. The summed E-state index contributed by atoms with van der Waals surface area (Å²) in [7, 11) is 1.71. The van der Waals surface area contributed by atoms with Gasteiger partial charge in [-0.1, -0.05) is 6.92 Å². The maximum absolute atomic E-state index is 12.7. The zero-order chi connectivity index (χ0) is 16.2. The SMILES string of the molecule is CCc1nccn1CCC(=O)c1ccc(OC)c2c1CCCC2. The predicted octanol–water partition coefficient (Wildman–Crippen LogP) is 3.61. The lowest BCUT2D eigenvalue weighted by Crippen LogP contribution is -2.14. The van der Waals surface area contributed by atoms with Crippen molar-refractivity contribution in [3.05, 3.63) is 47.0 Å². The van der Waals surface area contributed by atoms with Crippen LogP contribution in [0.1, 0.15) is 53.5 Å². The Balaban J connectivity index is 1.80. The highest BCUT2D eigenvalue weighted by molar-refractivity contribution is 5.98. The summed E-state index contributed by atoms with van der Waals surface area (Å²) in [6, 6.07) is 3.89. The number of aromatic nitrogens is 2. The monoisotopic (exact) mass is 312 g/mol. The number of carbonyl (C=O) groups excluding carboxylic acids is 1. The average Bonchev–Trinajstić information content (AvgIpc) is 3.06. The minimum Gasteiger partial charge on any atom is -0.496 e. The number of Topliss-reactive ketones (excluding diaryl/α,β-unsaturated/α-hetero) is 1. The van der Waals surface area contributed by atoms with E-state index in [-0.39, 0.29) is 5.78 Å². The first-order valence-corrected chi connectivity index (χ1v) is 8.46. The lowest BCUT2D eigenvalue weighted by molar-refractivity contribution is 0.0975. The number of methoxy groups -OCH3 is 1. The Kier molecular flexibility index (Phi) is 4.79. The molecule has 1 aliphatic carbocycles. The number of ether oxygens (including phenoxy) is 1. The number of imidazole rings is 1. The van der Waals surface area contributed by atoms with Crippen molar-refractivity contribution in [3.63, 3.8) is 0 Å². The normalized spacial score (nSPS) is 13.7. The van der Waals surface area contributed by atoms with Gasteiger partial charge in [0, 0.05) is 37.3 Å². The first-order chi connectivity index (χ1) is 11.2. The van der Waals surface area contributed by atoms with E-state index in [0.717, 1.165) is 42.8 Å². The van der Waals surface area contributed by atoms with E-state index >= 15 is 0 Å². The molecule has 2 aromatic rings. The second kappa shape index (κ2) is 6.99. The number of hydrogen-bond acceptors (Lipinski definition) is 3. The third kappa shape index (κ3) is 3.16. The van der Waals surface area contributed by atoms with Crippen molar-refractivity contribution in [2.75, 3.05) is 7.11 Å². The van der Waals surface area contributed by atoms with Crippen molar-refractivity contribution in [1.82, 2.24) is 9.55 Å². The standard InChI is InChI=1S/C19H24N2O2/c1-3-19-20-11-13-21(19)12-10-17(22)15-8-9-18(23-2)16-7-5-4-6-14(15)16/h8-9,11,13H,3-7,10,12H2,1-2H3. The molecule has 0 saturated carbocycles. The van der Waals surface area contributed by atoms with Crippen molar-refractivity contribution >= 4 is 5.78 Å². The minimum absolute atomic E-state index is 0.224. The Morgan fingerprint density at radius 1 is 1.26 bits per heavy atom. The molecule has 1 heterocycles. The number of hydrogen-bond donors (Lipinski definition) is 0. The fourth-order valence-corrected chi connectivity index (χ4v) is 3.50. The summed E-state index contributed by atoms with van der Waals surface area (Å²) in [6.45, 7) is 2.78. The number of carbonyl (C=O) groups is 1. The third-order valence-electron chi connectivity index (χ3n) is 4.71. The van der Waals surface area contributed by atoms with Crippen LogP contribution in [0.2, 0.25) is 0 Å². The zero-order valence-electron chi connectivity index (χ0n) is 14.0. The maximum Gasteiger partial charge on any atom is 0.164 e. The summed E-state index contributed by atoms with van der Waals surface area (Å²) in [6.07, 6.45) is 9.49. The van der Waals surface area contributed by atoms with Crippen molar-refractivity contribution in [2.45, 2.75) is 52.0 Å². The second-order valence-electron chi connectivity index (χ2n) is 6.04. The van der Waals surface area contributed by atoms with E-state index in [9.17, 15) is 4.79 Å². The Bertz CT molecular complexity index is 703. The smallest absolute Gasteiger partial charge is 0.164 e. The highest BCUT2D eigenvalue weighted by atomic mass is 16.5. The summed E-state index contributed by atoms with van der Waals surface area (Å²) in [5.41, 5.74) is 3.34. The highest BCUT2D eigenvalue weighted by Crippen LogP contribution is 2.32. The quantitative estimate of drug-likeness (QED) is 0.765. The van der Waals surface area contributed by atoms with Crippen LogP contribution in [-0.2, 0) is 25.8 Å². The number of ketones is 1. The number of rotatable bonds is 6. The zero-order valence-corrected chi connectivity index (χ0v) is 14.0. The lowest BCUT2D eigenvalue weighted by Gasteiger charge is -2.21. The fraction of sp³-hybridized carbons (Fsp3) is 0.474. The molecule has 23 heavy (non-hydrogen) atoms. The molecule has 4 nitrogen and oxygen atoms in total. The molecule has 3 rings (SSSR count). The molecule has 0 amide bonds. The Morgan fingerprint density at radius 2 is 2.04 bits per heavy atom. The van der Waals surface area contributed by atoms with Gasteiger partial charge in [-0.15, -0.1) is 0 Å². The Morgan fingerprint density at radius 3 is 2.78 bits per heavy atom. The van der Waals surface area contributed by atoms with E-state index in [1.165, 1.54) is 17.5 Å². The van der Waals surface area contributed by atoms with Crippen molar-refractivity contribution in [3.8, 4) is 5.75 Å². The van der Waals surface area contributed by atoms with Crippen LogP contribution < -0.4 is 4.74 Å². The summed E-state index contributed by atoms with van der Waals surface area (Å²) >= 11 is 0. The predicted molar refractivity (Wildman–Crippen MR) is 90.2 cm³/mol. The fourth-order valence-electron chi connectivity index (χ4n) is 3.50. The maximum atomic E-state index is 12.7. The Hall–Kier alpha value is -2.10. The van der Waals surface area contributed by atoms with E-state index in [1.54, 1.807) is 13.3 Å². The van der Waals surface area contributed by atoms with E-state index in [0.29, 0.717) is 13.0 Å². The van der Waals surface area contributed by atoms with E-state index < -0.39 is 0 Å². The first-order valence-electron chi connectivity index (χ1n) is 8.46. The van der Waals surface area contributed by atoms with Crippen LogP contribution in [0.15, 0.2) is 24.5 Å². The first kappa shape index (κ1) is 15.8. The van der Waals surface area contributed by atoms with Gasteiger partial charge in [-0.25, -0.2) is 4.98 Å². The average molecular weight is 312 g/mol.